The minimum absolute atomic E-state index is 0.203. The number of benzene rings is 1. The van der Waals surface area contributed by atoms with E-state index in [1.807, 2.05) is 11.8 Å². The van der Waals surface area contributed by atoms with Gasteiger partial charge in [-0.05, 0) is 30.9 Å². The predicted octanol–water partition coefficient (Wildman–Crippen LogP) is 2.44. The first-order valence-electron chi connectivity index (χ1n) is 7.05. The lowest BCUT2D eigenvalue weighted by Crippen LogP contribution is -2.39. The number of nitrogens with zero attached hydrogens (tertiary/aromatic N) is 1. The third-order valence-corrected chi connectivity index (χ3v) is 3.70. The van der Waals surface area contributed by atoms with Crippen molar-refractivity contribution < 1.29 is 13.9 Å². The van der Waals surface area contributed by atoms with Crippen molar-refractivity contribution in [2.24, 2.45) is 5.92 Å². The van der Waals surface area contributed by atoms with Crippen molar-refractivity contribution in [3.8, 4) is 5.75 Å². The summed E-state index contributed by atoms with van der Waals surface area (Å²) < 4.78 is 19.1. The fraction of sp³-hybridized carbons (Fsp3) is 0.533. The monoisotopic (exact) mass is 280 g/mol. The van der Waals surface area contributed by atoms with E-state index in [2.05, 4.69) is 0 Å². The number of nitrogens with two attached hydrogens (primary N) is 1. The molecule has 1 aromatic rings. The molecule has 2 N–H and O–H groups in total. The Hall–Kier alpha value is -1.78. The van der Waals surface area contributed by atoms with Crippen LogP contribution in [0.1, 0.15) is 26.2 Å². The van der Waals surface area contributed by atoms with Crippen LogP contribution < -0.4 is 10.5 Å². The van der Waals surface area contributed by atoms with E-state index in [0.29, 0.717) is 24.6 Å². The zero-order valence-corrected chi connectivity index (χ0v) is 11.8. The average molecular weight is 280 g/mol. The van der Waals surface area contributed by atoms with Crippen molar-refractivity contribution >= 4 is 11.6 Å². The summed E-state index contributed by atoms with van der Waals surface area (Å²) in [5.41, 5.74) is 5.88. The summed E-state index contributed by atoms with van der Waals surface area (Å²) in [5, 5.41) is 0. The first-order valence-corrected chi connectivity index (χ1v) is 7.05. The van der Waals surface area contributed by atoms with Gasteiger partial charge in [-0.15, -0.1) is 0 Å². The Balaban J connectivity index is 1.80. The topological polar surface area (TPSA) is 55.6 Å². The molecule has 110 valence electrons. The molecule has 0 saturated carbocycles. The van der Waals surface area contributed by atoms with Crippen LogP contribution in [0.2, 0.25) is 0 Å². The number of piperidine rings is 1. The first kappa shape index (κ1) is 14.6. The highest BCUT2D eigenvalue weighted by atomic mass is 19.1. The van der Waals surface area contributed by atoms with E-state index in [1.54, 1.807) is 12.1 Å². The molecular weight excluding hydrogens is 259 g/mol. The van der Waals surface area contributed by atoms with Gasteiger partial charge in [0.25, 0.3) is 0 Å². The molecule has 0 radical (unpaired) electrons. The van der Waals surface area contributed by atoms with Crippen LogP contribution in [0.25, 0.3) is 0 Å². The number of anilines is 1. The van der Waals surface area contributed by atoms with Crippen molar-refractivity contribution in [1.82, 2.24) is 4.90 Å². The number of rotatable bonds is 4. The Morgan fingerprint density at radius 2 is 2.15 bits per heavy atom. The smallest absolute Gasteiger partial charge is 0.222 e. The average Bonchev–Trinajstić information content (AvgIpc) is 2.46. The Bertz CT molecular complexity index is 471. The van der Waals surface area contributed by atoms with Gasteiger partial charge in [0, 0.05) is 31.3 Å². The predicted molar refractivity (Wildman–Crippen MR) is 75.9 cm³/mol. The van der Waals surface area contributed by atoms with Gasteiger partial charge < -0.3 is 15.4 Å². The van der Waals surface area contributed by atoms with Crippen LogP contribution in [0, 0.1) is 11.7 Å². The number of amides is 1. The lowest BCUT2D eigenvalue weighted by atomic mass is 9.97. The van der Waals surface area contributed by atoms with E-state index >= 15 is 0 Å². The van der Waals surface area contributed by atoms with Gasteiger partial charge in [-0.1, -0.05) is 6.92 Å². The number of carbonyl (C=O) groups excluding carboxylic acids is 1. The van der Waals surface area contributed by atoms with Gasteiger partial charge in [-0.3, -0.25) is 4.79 Å². The van der Waals surface area contributed by atoms with Gasteiger partial charge in [-0.25, -0.2) is 4.39 Å². The molecule has 0 spiro atoms. The Morgan fingerprint density at radius 3 is 2.75 bits per heavy atom. The largest absolute Gasteiger partial charge is 0.490 e. The quantitative estimate of drug-likeness (QED) is 0.862. The number of nitrogen functional groups attached to an aromatic ring is 1. The molecule has 1 heterocycles. The summed E-state index contributed by atoms with van der Waals surface area (Å²) in [6.07, 6.45) is 2.36. The van der Waals surface area contributed by atoms with E-state index in [9.17, 15) is 9.18 Å². The molecule has 0 unspecified atom stereocenters. The molecule has 1 saturated heterocycles. The van der Waals surface area contributed by atoms with Gasteiger partial charge in [0.1, 0.15) is 0 Å². The molecular formula is C15H21FN2O2. The number of hydrogen-bond acceptors (Lipinski definition) is 3. The Morgan fingerprint density at radius 1 is 1.45 bits per heavy atom. The second-order valence-electron chi connectivity index (χ2n) is 5.18. The van der Waals surface area contributed by atoms with Crippen LogP contribution in [-0.4, -0.2) is 30.5 Å². The summed E-state index contributed by atoms with van der Waals surface area (Å²) >= 11 is 0. The van der Waals surface area contributed by atoms with E-state index in [0.717, 1.165) is 25.9 Å². The highest BCUT2D eigenvalue weighted by Gasteiger charge is 2.22. The lowest BCUT2D eigenvalue weighted by Gasteiger charge is -2.31. The normalized spacial score (nSPS) is 16.2. The van der Waals surface area contributed by atoms with Crippen LogP contribution in [0.4, 0.5) is 10.1 Å². The van der Waals surface area contributed by atoms with Crippen LogP contribution in [0.5, 0.6) is 5.75 Å². The number of carbonyl (C=O) groups is 1. The van der Waals surface area contributed by atoms with Gasteiger partial charge in [0.15, 0.2) is 11.6 Å². The van der Waals surface area contributed by atoms with Gasteiger partial charge in [-0.2, -0.15) is 0 Å². The number of hydrogen-bond donors (Lipinski definition) is 1. The minimum atomic E-state index is -0.427. The van der Waals surface area contributed by atoms with Gasteiger partial charge in [0.2, 0.25) is 5.91 Å². The fourth-order valence-corrected chi connectivity index (χ4v) is 2.41. The molecule has 1 fully saturated rings. The molecule has 1 amide bonds. The van der Waals surface area contributed by atoms with E-state index in [-0.39, 0.29) is 11.7 Å². The Labute approximate surface area is 118 Å². The van der Waals surface area contributed by atoms with Crippen LogP contribution in [0.3, 0.4) is 0 Å². The number of halogens is 1. The second kappa shape index (κ2) is 6.59. The Kier molecular flexibility index (Phi) is 4.82. The van der Waals surface area contributed by atoms with Crippen molar-refractivity contribution in [3.63, 3.8) is 0 Å². The maximum atomic E-state index is 13.6. The van der Waals surface area contributed by atoms with Crippen LogP contribution >= 0.6 is 0 Å². The molecule has 1 aliphatic heterocycles. The third kappa shape index (κ3) is 3.62. The van der Waals surface area contributed by atoms with E-state index in [4.69, 9.17) is 10.5 Å². The van der Waals surface area contributed by atoms with Gasteiger partial charge >= 0.3 is 0 Å². The van der Waals surface area contributed by atoms with E-state index in [1.165, 1.54) is 6.07 Å². The summed E-state index contributed by atoms with van der Waals surface area (Å²) in [4.78, 5) is 13.5. The van der Waals surface area contributed by atoms with Crippen molar-refractivity contribution in [1.29, 1.82) is 0 Å². The molecule has 1 aromatic carbocycles. The molecule has 20 heavy (non-hydrogen) atoms. The standard InChI is InChI=1S/C15H21FN2O2/c1-2-15(19)18-7-5-11(6-8-18)10-20-14-4-3-12(17)9-13(14)16/h3-4,9,11H,2,5-8,10,17H2,1H3. The summed E-state index contributed by atoms with van der Waals surface area (Å²) in [6.45, 7) is 3.90. The molecule has 1 aliphatic rings. The SMILES string of the molecule is CCC(=O)N1CCC(COc2ccc(N)cc2F)CC1. The molecule has 5 heteroatoms. The van der Waals surface area contributed by atoms with Crippen molar-refractivity contribution in [2.75, 3.05) is 25.4 Å². The third-order valence-electron chi connectivity index (χ3n) is 3.70. The molecule has 0 aliphatic carbocycles. The minimum Gasteiger partial charge on any atom is -0.490 e. The second-order valence-corrected chi connectivity index (χ2v) is 5.18. The lowest BCUT2D eigenvalue weighted by molar-refractivity contribution is -0.132. The first-order chi connectivity index (χ1) is 9.60. The van der Waals surface area contributed by atoms with Crippen molar-refractivity contribution in [3.05, 3.63) is 24.0 Å². The number of ether oxygens (including phenoxy) is 1. The molecule has 4 nitrogen and oxygen atoms in total. The summed E-state index contributed by atoms with van der Waals surface area (Å²) in [6, 6.07) is 4.44. The number of likely N-dealkylation sites (tertiary alicyclic amines) is 1. The summed E-state index contributed by atoms with van der Waals surface area (Å²) in [5.74, 6) is 0.386. The zero-order valence-electron chi connectivity index (χ0n) is 11.8. The van der Waals surface area contributed by atoms with Crippen LogP contribution in [-0.2, 0) is 4.79 Å². The molecule has 2 rings (SSSR count). The van der Waals surface area contributed by atoms with Crippen LogP contribution in [0.15, 0.2) is 18.2 Å². The molecule has 0 bridgehead atoms. The highest BCUT2D eigenvalue weighted by Crippen LogP contribution is 2.23. The highest BCUT2D eigenvalue weighted by molar-refractivity contribution is 5.75. The van der Waals surface area contributed by atoms with E-state index < -0.39 is 5.82 Å². The molecule has 0 aromatic heterocycles. The zero-order chi connectivity index (χ0) is 14.5. The fourth-order valence-electron chi connectivity index (χ4n) is 2.41. The summed E-state index contributed by atoms with van der Waals surface area (Å²) in [7, 11) is 0. The molecule has 0 atom stereocenters. The van der Waals surface area contributed by atoms with Gasteiger partial charge in [0.05, 0.1) is 6.61 Å². The maximum Gasteiger partial charge on any atom is 0.222 e. The maximum absolute atomic E-state index is 13.6. The van der Waals surface area contributed by atoms with Crippen molar-refractivity contribution in [2.45, 2.75) is 26.2 Å².